The number of carboxylic acid groups (broad SMARTS) is 1. The summed E-state index contributed by atoms with van der Waals surface area (Å²) >= 11 is 0. The van der Waals surface area contributed by atoms with Crippen LogP contribution in [0.5, 0.6) is 0 Å². The molecular formula is C23H26N2O5. The fourth-order valence-electron chi connectivity index (χ4n) is 5.01. The maximum absolute atomic E-state index is 13.9. The van der Waals surface area contributed by atoms with E-state index >= 15 is 0 Å². The minimum atomic E-state index is -1.20. The number of carboxylic acids is 1. The number of carbonyl (C=O) groups excluding carboxylic acids is 2. The van der Waals surface area contributed by atoms with Crippen molar-refractivity contribution < 1.29 is 23.9 Å². The van der Waals surface area contributed by atoms with E-state index in [-0.39, 0.29) is 18.2 Å². The molecule has 7 nitrogen and oxygen atoms in total. The quantitative estimate of drug-likeness (QED) is 0.809. The molecule has 0 radical (unpaired) electrons. The van der Waals surface area contributed by atoms with Crippen LogP contribution in [0.1, 0.15) is 59.2 Å². The second kappa shape index (κ2) is 7.63. The van der Waals surface area contributed by atoms with Gasteiger partial charge in [-0.3, -0.25) is 14.4 Å². The standard InChI is InChI=1S/C23H26N2O5/c1-14-12-17(15(2)30-14)20(26)25-19(16-8-4-3-5-9-16)18(21(27)28)13-23(25)10-6-7-11-24-22(23)29/h3-5,8-9,12,18-19H,6-7,10-11,13H2,1-2H3,(H,24,29)(H,27,28)/t18-,19-,23-/m0/s1. The average Bonchev–Trinajstić information content (AvgIpc) is 3.18. The van der Waals surface area contributed by atoms with Crippen molar-refractivity contribution >= 4 is 17.8 Å². The summed E-state index contributed by atoms with van der Waals surface area (Å²) in [6.45, 7) is 4.00. The Labute approximate surface area is 175 Å². The van der Waals surface area contributed by atoms with Gasteiger partial charge in [0.15, 0.2) is 0 Å². The lowest BCUT2D eigenvalue weighted by molar-refractivity contribution is -0.142. The monoisotopic (exact) mass is 410 g/mol. The molecular weight excluding hydrogens is 384 g/mol. The van der Waals surface area contributed by atoms with Crippen molar-refractivity contribution in [1.82, 2.24) is 10.2 Å². The zero-order valence-corrected chi connectivity index (χ0v) is 17.2. The molecule has 0 bridgehead atoms. The normalized spacial score (nSPS) is 26.5. The van der Waals surface area contributed by atoms with Crippen LogP contribution in [-0.2, 0) is 9.59 Å². The number of hydrogen-bond donors (Lipinski definition) is 2. The van der Waals surface area contributed by atoms with Gasteiger partial charge in [-0.05, 0) is 51.2 Å². The van der Waals surface area contributed by atoms with Gasteiger partial charge >= 0.3 is 5.97 Å². The van der Waals surface area contributed by atoms with Gasteiger partial charge in [0, 0.05) is 6.54 Å². The fourth-order valence-corrected chi connectivity index (χ4v) is 5.01. The number of carbonyl (C=O) groups is 3. The summed E-state index contributed by atoms with van der Waals surface area (Å²) in [6.07, 6.45) is 2.07. The number of hydrogen-bond acceptors (Lipinski definition) is 4. The molecule has 0 saturated carbocycles. The Balaban J connectivity index is 1.91. The number of amides is 2. The van der Waals surface area contributed by atoms with Gasteiger partial charge < -0.3 is 19.7 Å². The third-order valence-electron chi connectivity index (χ3n) is 6.35. The Bertz CT molecular complexity index is 983. The minimum absolute atomic E-state index is 0.0926. The molecule has 0 unspecified atom stereocenters. The molecule has 2 aromatic rings. The van der Waals surface area contributed by atoms with E-state index in [2.05, 4.69) is 5.32 Å². The summed E-state index contributed by atoms with van der Waals surface area (Å²) in [5, 5.41) is 13.0. The van der Waals surface area contributed by atoms with Crippen molar-refractivity contribution in [3.63, 3.8) is 0 Å². The van der Waals surface area contributed by atoms with Crippen molar-refractivity contribution in [1.29, 1.82) is 0 Å². The third kappa shape index (κ3) is 3.18. The number of benzene rings is 1. The van der Waals surface area contributed by atoms with Gasteiger partial charge in [-0.1, -0.05) is 30.3 Å². The van der Waals surface area contributed by atoms with Crippen LogP contribution in [0.15, 0.2) is 40.8 Å². The maximum Gasteiger partial charge on any atom is 0.309 e. The van der Waals surface area contributed by atoms with E-state index in [0.29, 0.717) is 35.6 Å². The highest BCUT2D eigenvalue weighted by Gasteiger charge is 2.60. The fraction of sp³-hybridized carbons (Fsp3) is 0.435. The Morgan fingerprint density at radius 2 is 1.93 bits per heavy atom. The lowest BCUT2D eigenvalue weighted by Crippen LogP contribution is -2.57. The summed E-state index contributed by atoms with van der Waals surface area (Å²) in [7, 11) is 0. The Morgan fingerprint density at radius 3 is 2.57 bits per heavy atom. The zero-order chi connectivity index (χ0) is 21.5. The molecule has 1 spiro atoms. The first-order valence-electron chi connectivity index (χ1n) is 10.3. The van der Waals surface area contributed by atoms with Crippen LogP contribution in [0.4, 0.5) is 0 Å². The van der Waals surface area contributed by atoms with Crippen molar-refractivity contribution in [3.8, 4) is 0 Å². The van der Waals surface area contributed by atoms with Crippen molar-refractivity contribution in [2.24, 2.45) is 5.92 Å². The van der Waals surface area contributed by atoms with E-state index in [4.69, 9.17) is 4.42 Å². The highest BCUT2D eigenvalue weighted by atomic mass is 16.4. The first-order valence-corrected chi connectivity index (χ1v) is 10.3. The second-order valence-corrected chi connectivity index (χ2v) is 8.25. The zero-order valence-electron chi connectivity index (χ0n) is 17.2. The molecule has 3 heterocycles. The number of aliphatic carboxylic acids is 1. The highest BCUT2D eigenvalue weighted by Crippen LogP contribution is 2.50. The van der Waals surface area contributed by atoms with Crippen LogP contribution in [0, 0.1) is 19.8 Å². The second-order valence-electron chi connectivity index (χ2n) is 8.25. The number of nitrogens with zero attached hydrogens (tertiary/aromatic N) is 1. The van der Waals surface area contributed by atoms with Crippen molar-refractivity contribution in [2.45, 2.75) is 51.1 Å². The smallest absolute Gasteiger partial charge is 0.309 e. The highest BCUT2D eigenvalue weighted by molar-refractivity contribution is 6.01. The molecule has 3 atom stereocenters. The van der Waals surface area contributed by atoms with Gasteiger partial charge in [-0.25, -0.2) is 0 Å². The van der Waals surface area contributed by atoms with Crippen molar-refractivity contribution in [3.05, 3.63) is 59.0 Å². The summed E-state index contributed by atoms with van der Waals surface area (Å²) in [6, 6.07) is 10.1. The van der Waals surface area contributed by atoms with Crippen LogP contribution in [0.25, 0.3) is 0 Å². The van der Waals surface area contributed by atoms with E-state index in [0.717, 1.165) is 12.8 Å². The molecule has 1 aromatic heterocycles. The predicted molar refractivity (Wildman–Crippen MR) is 109 cm³/mol. The van der Waals surface area contributed by atoms with Crippen LogP contribution in [0.3, 0.4) is 0 Å². The molecule has 1 aromatic carbocycles. The predicted octanol–water partition coefficient (Wildman–Crippen LogP) is 3.22. The Kier molecular flexibility index (Phi) is 5.13. The molecule has 2 fully saturated rings. The summed E-state index contributed by atoms with van der Waals surface area (Å²) < 4.78 is 5.57. The molecule has 2 N–H and O–H groups in total. The molecule has 2 amide bonds. The van der Waals surface area contributed by atoms with E-state index in [1.54, 1.807) is 24.8 Å². The van der Waals surface area contributed by atoms with Crippen LogP contribution in [0.2, 0.25) is 0 Å². The molecule has 158 valence electrons. The summed E-state index contributed by atoms with van der Waals surface area (Å²) in [5.74, 6) is -1.45. The first kappa shape index (κ1) is 20.2. The third-order valence-corrected chi connectivity index (χ3v) is 6.35. The van der Waals surface area contributed by atoms with Crippen LogP contribution >= 0.6 is 0 Å². The van der Waals surface area contributed by atoms with Gasteiger partial charge in [-0.2, -0.15) is 0 Å². The molecule has 2 aliphatic heterocycles. The Morgan fingerprint density at radius 1 is 1.20 bits per heavy atom. The molecule has 2 saturated heterocycles. The van der Waals surface area contributed by atoms with E-state index in [1.165, 1.54) is 0 Å². The van der Waals surface area contributed by atoms with Crippen LogP contribution < -0.4 is 5.32 Å². The molecule has 7 heteroatoms. The maximum atomic E-state index is 13.9. The topological polar surface area (TPSA) is 99.9 Å². The van der Waals surface area contributed by atoms with E-state index < -0.39 is 23.5 Å². The molecule has 2 aliphatic rings. The molecule has 0 aliphatic carbocycles. The minimum Gasteiger partial charge on any atom is -0.481 e. The summed E-state index contributed by atoms with van der Waals surface area (Å²) in [4.78, 5) is 41.0. The first-order chi connectivity index (χ1) is 14.3. The SMILES string of the molecule is Cc1cc(C(=O)N2[C@@H](c3ccccc3)[C@@H](C(=O)O)C[C@]23CCCCNC3=O)c(C)o1. The molecule has 4 rings (SSSR count). The average molecular weight is 410 g/mol. The molecule has 30 heavy (non-hydrogen) atoms. The van der Waals surface area contributed by atoms with Gasteiger partial charge in [0.1, 0.15) is 17.1 Å². The lowest BCUT2D eigenvalue weighted by Gasteiger charge is -2.39. The van der Waals surface area contributed by atoms with Crippen LogP contribution in [-0.4, -0.2) is 39.9 Å². The largest absolute Gasteiger partial charge is 0.481 e. The van der Waals surface area contributed by atoms with Gasteiger partial charge in [-0.15, -0.1) is 0 Å². The van der Waals surface area contributed by atoms with Crippen molar-refractivity contribution in [2.75, 3.05) is 6.54 Å². The van der Waals surface area contributed by atoms with Gasteiger partial charge in [0.05, 0.1) is 17.5 Å². The Hall–Kier alpha value is -3.09. The number of furan rings is 1. The van der Waals surface area contributed by atoms with E-state index in [1.807, 2.05) is 30.3 Å². The van der Waals surface area contributed by atoms with Gasteiger partial charge in [0.2, 0.25) is 5.91 Å². The summed E-state index contributed by atoms with van der Waals surface area (Å²) in [5.41, 5.74) is -0.115. The number of rotatable bonds is 3. The van der Waals surface area contributed by atoms with Gasteiger partial charge in [0.25, 0.3) is 5.91 Å². The lowest BCUT2D eigenvalue weighted by atomic mass is 9.85. The number of likely N-dealkylation sites (tertiary alicyclic amines) is 1. The number of aryl methyl sites for hydroxylation is 2. The number of nitrogens with one attached hydrogen (secondary N) is 1. The van der Waals surface area contributed by atoms with E-state index in [9.17, 15) is 19.5 Å².